The van der Waals surface area contributed by atoms with E-state index in [1.165, 1.54) is 14.6 Å². The number of rotatable bonds is 4. The van der Waals surface area contributed by atoms with Crippen molar-refractivity contribution in [3.63, 3.8) is 0 Å². The molecule has 0 radical (unpaired) electrons. The van der Waals surface area contributed by atoms with Crippen LogP contribution in [-0.4, -0.2) is 17.8 Å². The standard InChI is InChI=1S/C11H13NOS2/c12-8(7-13)6-9-3-4-11(15-9)10-2-1-5-14-10/h1-5,8,13H,6-7,12H2. The summed E-state index contributed by atoms with van der Waals surface area (Å²) in [6, 6.07) is 8.25. The average Bonchev–Trinajstić information content (AvgIpc) is 2.85. The van der Waals surface area contributed by atoms with Crippen LogP contribution in [0.3, 0.4) is 0 Å². The van der Waals surface area contributed by atoms with Gasteiger partial charge in [-0.1, -0.05) is 6.07 Å². The van der Waals surface area contributed by atoms with Crippen LogP contribution in [0.25, 0.3) is 9.75 Å². The summed E-state index contributed by atoms with van der Waals surface area (Å²) < 4.78 is 0. The van der Waals surface area contributed by atoms with Gasteiger partial charge in [-0.15, -0.1) is 22.7 Å². The summed E-state index contributed by atoms with van der Waals surface area (Å²) in [5.41, 5.74) is 5.69. The van der Waals surface area contributed by atoms with Crippen LogP contribution >= 0.6 is 22.7 Å². The molecule has 1 atom stereocenters. The molecule has 80 valence electrons. The SMILES string of the molecule is NC(CO)Cc1ccc(-c2cccs2)s1. The highest BCUT2D eigenvalue weighted by molar-refractivity contribution is 7.21. The molecule has 3 N–H and O–H groups in total. The highest BCUT2D eigenvalue weighted by Crippen LogP contribution is 2.31. The molecule has 2 aromatic rings. The van der Waals surface area contributed by atoms with Crippen molar-refractivity contribution in [2.75, 3.05) is 6.61 Å². The lowest BCUT2D eigenvalue weighted by atomic mass is 10.2. The first-order chi connectivity index (χ1) is 7.29. The van der Waals surface area contributed by atoms with Crippen molar-refractivity contribution in [2.24, 2.45) is 5.73 Å². The summed E-state index contributed by atoms with van der Waals surface area (Å²) in [6.07, 6.45) is 0.756. The first-order valence-corrected chi connectivity index (χ1v) is 6.48. The molecule has 0 amide bonds. The Bertz CT molecular complexity index is 408. The first kappa shape index (κ1) is 10.8. The topological polar surface area (TPSA) is 46.2 Å². The van der Waals surface area contributed by atoms with Gasteiger partial charge in [0.15, 0.2) is 0 Å². The van der Waals surface area contributed by atoms with Gasteiger partial charge in [0.05, 0.1) is 6.61 Å². The number of hydrogen-bond donors (Lipinski definition) is 2. The van der Waals surface area contributed by atoms with Gasteiger partial charge >= 0.3 is 0 Å². The summed E-state index contributed by atoms with van der Waals surface area (Å²) in [6.45, 7) is 0.0479. The molecule has 0 fully saturated rings. The largest absolute Gasteiger partial charge is 0.395 e. The van der Waals surface area contributed by atoms with Crippen LogP contribution < -0.4 is 5.73 Å². The first-order valence-electron chi connectivity index (χ1n) is 4.78. The lowest BCUT2D eigenvalue weighted by molar-refractivity contribution is 0.266. The summed E-state index contributed by atoms with van der Waals surface area (Å²) in [7, 11) is 0. The minimum Gasteiger partial charge on any atom is -0.395 e. The zero-order valence-corrected chi connectivity index (χ0v) is 9.85. The maximum absolute atomic E-state index is 8.87. The molecule has 4 heteroatoms. The van der Waals surface area contributed by atoms with Crippen molar-refractivity contribution >= 4 is 22.7 Å². The maximum atomic E-state index is 8.87. The van der Waals surface area contributed by atoms with Crippen LogP contribution in [0.1, 0.15) is 4.88 Å². The molecule has 0 saturated carbocycles. The predicted molar refractivity (Wildman–Crippen MR) is 66.4 cm³/mol. The van der Waals surface area contributed by atoms with Gasteiger partial charge in [-0.25, -0.2) is 0 Å². The number of thiophene rings is 2. The Hall–Kier alpha value is -0.680. The molecule has 2 aromatic heterocycles. The second kappa shape index (κ2) is 4.90. The quantitative estimate of drug-likeness (QED) is 0.860. The second-order valence-corrected chi connectivity index (χ2v) is 5.51. The van der Waals surface area contributed by atoms with Crippen molar-refractivity contribution in [3.8, 4) is 9.75 Å². The Morgan fingerprint density at radius 2 is 2.13 bits per heavy atom. The Morgan fingerprint density at radius 3 is 2.80 bits per heavy atom. The summed E-state index contributed by atoms with van der Waals surface area (Å²) in [4.78, 5) is 3.81. The third-order valence-electron chi connectivity index (χ3n) is 2.12. The van der Waals surface area contributed by atoms with E-state index in [2.05, 4.69) is 29.6 Å². The van der Waals surface area contributed by atoms with Gasteiger partial charge in [-0.05, 0) is 30.0 Å². The van der Waals surface area contributed by atoms with Crippen LogP contribution in [0.2, 0.25) is 0 Å². The smallest absolute Gasteiger partial charge is 0.0586 e. The van der Waals surface area contributed by atoms with Gasteiger partial charge < -0.3 is 10.8 Å². The van der Waals surface area contributed by atoms with E-state index in [4.69, 9.17) is 10.8 Å². The third-order valence-corrected chi connectivity index (χ3v) is 4.30. The zero-order valence-electron chi connectivity index (χ0n) is 8.22. The number of aliphatic hydroxyl groups is 1. The van der Waals surface area contributed by atoms with Gasteiger partial charge in [-0.2, -0.15) is 0 Å². The van der Waals surface area contributed by atoms with E-state index < -0.39 is 0 Å². The second-order valence-electron chi connectivity index (χ2n) is 3.39. The lowest BCUT2D eigenvalue weighted by Crippen LogP contribution is -2.26. The molecule has 1 unspecified atom stereocenters. The highest BCUT2D eigenvalue weighted by atomic mass is 32.1. The molecule has 0 aliphatic rings. The van der Waals surface area contributed by atoms with Gasteiger partial charge in [0.25, 0.3) is 0 Å². The fourth-order valence-electron chi connectivity index (χ4n) is 1.36. The maximum Gasteiger partial charge on any atom is 0.0586 e. The Labute approximate surface area is 97.0 Å². The summed E-state index contributed by atoms with van der Waals surface area (Å²) >= 11 is 3.50. The van der Waals surface area contributed by atoms with E-state index >= 15 is 0 Å². The van der Waals surface area contributed by atoms with Crippen LogP contribution in [0, 0.1) is 0 Å². The molecule has 2 heterocycles. The summed E-state index contributed by atoms with van der Waals surface area (Å²) in [5.74, 6) is 0. The molecular formula is C11H13NOS2. The predicted octanol–water partition coefficient (Wildman–Crippen LogP) is 2.34. The molecule has 0 aliphatic carbocycles. The van der Waals surface area contributed by atoms with Gasteiger partial charge in [-0.3, -0.25) is 0 Å². The molecule has 2 nitrogen and oxygen atoms in total. The molecule has 0 bridgehead atoms. The molecule has 0 aliphatic heterocycles. The van der Waals surface area contributed by atoms with Crippen LogP contribution in [0.15, 0.2) is 29.6 Å². The Balaban J connectivity index is 2.11. The Kier molecular flexibility index (Phi) is 3.53. The number of aliphatic hydroxyl groups excluding tert-OH is 1. The molecule has 0 aromatic carbocycles. The average molecular weight is 239 g/mol. The molecule has 2 rings (SSSR count). The fourth-order valence-corrected chi connectivity index (χ4v) is 3.30. The minimum absolute atomic E-state index is 0.0479. The van der Waals surface area contributed by atoms with E-state index in [-0.39, 0.29) is 12.6 Å². The minimum atomic E-state index is -0.139. The van der Waals surface area contributed by atoms with E-state index in [0.29, 0.717) is 0 Å². The van der Waals surface area contributed by atoms with E-state index in [9.17, 15) is 0 Å². The van der Waals surface area contributed by atoms with Gasteiger partial charge in [0.2, 0.25) is 0 Å². The monoisotopic (exact) mass is 239 g/mol. The van der Waals surface area contributed by atoms with Crippen molar-refractivity contribution in [1.29, 1.82) is 0 Å². The summed E-state index contributed by atoms with van der Waals surface area (Å²) in [5, 5.41) is 10.9. The normalized spacial score (nSPS) is 12.9. The van der Waals surface area contributed by atoms with E-state index in [1.807, 2.05) is 0 Å². The molecule has 0 saturated heterocycles. The van der Waals surface area contributed by atoms with Crippen molar-refractivity contribution in [3.05, 3.63) is 34.5 Å². The van der Waals surface area contributed by atoms with Crippen LogP contribution in [-0.2, 0) is 6.42 Å². The van der Waals surface area contributed by atoms with E-state index in [1.54, 1.807) is 22.7 Å². The van der Waals surface area contributed by atoms with Gasteiger partial charge in [0, 0.05) is 20.7 Å². The molecule has 0 spiro atoms. The molecular weight excluding hydrogens is 226 g/mol. The number of nitrogens with two attached hydrogens (primary N) is 1. The number of hydrogen-bond acceptors (Lipinski definition) is 4. The third kappa shape index (κ3) is 2.66. The van der Waals surface area contributed by atoms with Crippen LogP contribution in [0.5, 0.6) is 0 Å². The van der Waals surface area contributed by atoms with Crippen molar-refractivity contribution in [2.45, 2.75) is 12.5 Å². The Morgan fingerprint density at radius 1 is 1.27 bits per heavy atom. The molecule has 15 heavy (non-hydrogen) atoms. The zero-order chi connectivity index (χ0) is 10.7. The van der Waals surface area contributed by atoms with Crippen molar-refractivity contribution < 1.29 is 5.11 Å². The fraction of sp³-hybridized carbons (Fsp3) is 0.273. The lowest BCUT2D eigenvalue weighted by Gasteiger charge is -2.04. The van der Waals surface area contributed by atoms with Crippen LogP contribution in [0.4, 0.5) is 0 Å². The van der Waals surface area contributed by atoms with Gasteiger partial charge in [0.1, 0.15) is 0 Å². The van der Waals surface area contributed by atoms with Crippen molar-refractivity contribution in [1.82, 2.24) is 0 Å². The highest BCUT2D eigenvalue weighted by Gasteiger charge is 2.07. The van der Waals surface area contributed by atoms with E-state index in [0.717, 1.165) is 6.42 Å².